The predicted octanol–water partition coefficient (Wildman–Crippen LogP) is 3.03. The van der Waals surface area contributed by atoms with Crippen molar-refractivity contribution in [2.45, 2.75) is 77.9 Å². The summed E-state index contributed by atoms with van der Waals surface area (Å²) >= 11 is 0. The Hall–Kier alpha value is -0.0800. The smallest absolute Gasteiger partial charge is 0.0195 e. The van der Waals surface area contributed by atoms with Gasteiger partial charge in [0, 0.05) is 24.7 Å². The zero-order valence-corrected chi connectivity index (χ0v) is 11.6. The number of hydrogen-bond acceptors (Lipinski definition) is 2. The van der Waals surface area contributed by atoms with Gasteiger partial charge in [0.15, 0.2) is 0 Å². The fraction of sp³-hybridized carbons (Fsp3) is 1.00. The molecule has 0 aromatic carbocycles. The Morgan fingerprint density at radius 2 is 1.94 bits per heavy atom. The Labute approximate surface area is 102 Å². The molecular formula is C14H30N2. The SMILES string of the molecule is CCC(CC)NCC(C)N1CCCCC1C. The van der Waals surface area contributed by atoms with E-state index in [0.29, 0.717) is 12.1 Å². The van der Waals surface area contributed by atoms with Gasteiger partial charge in [0.05, 0.1) is 0 Å². The highest BCUT2D eigenvalue weighted by Gasteiger charge is 2.22. The number of nitrogens with zero attached hydrogens (tertiary/aromatic N) is 1. The van der Waals surface area contributed by atoms with Crippen molar-refractivity contribution in [2.24, 2.45) is 0 Å². The molecule has 1 heterocycles. The van der Waals surface area contributed by atoms with Crippen molar-refractivity contribution in [3.05, 3.63) is 0 Å². The largest absolute Gasteiger partial charge is 0.312 e. The second-order valence-electron chi connectivity index (χ2n) is 5.35. The van der Waals surface area contributed by atoms with E-state index in [-0.39, 0.29) is 0 Å². The van der Waals surface area contributed by atoms with Crippen molar-refractivity contribution in [1.82, 2.24) is 10.2 Å². The van der Waals surface area contributed by atoms with Gasteiger partial charge < -0.3 is 5.32 Å². The van der Waals surface area contributed by atoms with E-state index in [0.717, 1.165) is 12.6 Å². The third kappa shape index (κ3) is 4.06. The van der Waals surface area contributed by atoms with Gasteiger partial charge in [-0.3, -0.25) is 4.90 Å². The van der Waals surface area contributed by atoms with Gasteiger partial charge in [-0.1, -0.05) is 20.3 Å². The lowest BCUT2D eigenvalue weighted by Crippen LogP contribution is -2.49. The van der Waals surface area contributed by atoms with E-state index in [4.69, 9.17) is 0 Å². The Morgan fingerprint density at radius 1 is 1.25 bits per heavy atom. The van der Waals surface area contributed by atoms with Crippen LogP contribution in [0.15, 0.2) is 0 Å². The van der Waals surface area contributed by atoms with Crippen LogP contribution in [0.2, 0.25) is 0 Å². The van der Waals surface area contributed by atoms with Gasteiger partial charge >= 0.3 is 0 Å². The molecule has 16 heavy (non-hydrogen) atoms. The van der Waals surface area contributed by atoms with Crippen LogP contribution in [-0.2, 0) is 0 Å². The lowest BCUT2D eigenvalue weighted by Gasteiger charge is -2.38. The molecule has 0 spiro atoms. The normalized spacial score (nSPS) is 24.9. The number of piperidine rings is 1. The number of hydrogen-bond donors (Lipinski definition) is 1. The molecule has 0 bridgehead atoms. The summed E-state index contributed by atoms with van der Waals surface area (Å²) in [7, 11) is 0. The number of likely N-dealkylation sites (tertiary alicyclic amines) is 1. The van der Waals surface area contributed by atoms with Gasteiger partial charge in [0.25, 0.3) is 0 Å². The summed E-state index contributed by atoms with van der Waals surface area (Å²) in [5.74, 6) is 0. The molecule has 1 rings (SSSR count). The molecule has 0 amide bonds. The maximum atomic E-state index is 3.70. The Bertz CT molecular complexity index is 178. The van der Waals surface area contributed by atoms with E-state index < -0.39 is 0 Å². The molecule has 2 nitrogen and oxygen atoms in total. The molecule has 1 aliphatic rings. The minimum atomic E-state index is 0.691. The Morgan fingerprint density at radius 3 is 2.50 bits per heavy atom. The molecule has 0 radical (unpaired) electrons. The molecular weight excluding hydrogens is 196 g/mol. The Balaban J connectivity index is 2.30. The van der Waals surface area contributed by atoms with Crippen molar-refractivity contribution >= 4 is 0 Å². The van der Waals surface area contributed by atoms with Crippen LogP contribution in [0.5, 0.6) is 0 Å². The summed E-state index contributed by atoms with van der Waals surface area (Å²) in [5.41, 5.74) is 0. The van der Waals surface area contributed by atoms with Crippen LogP contribution in [0.3, 0.4) is 0 Å². The predicted molar refractivity (Wildman–Crippen MR) is 71.9 cm³/mol. The van der Waals surface area contributed by atoms with E-state index in [1.165, 1.54) is 38.6 Å². The fourth-order valence-corrected chi connectivity index (χ4v) is 2.81. The van der Waals surface area contributed by atoms with Gasteiger partial charge in [-0.15, -0.1) is 0 Å². The van der Waals surface area contributed by atoms with Crippen molar-refractivity contribution in [1.29, 1.82) is 0 Å². The zero-order valence-electron chi connectivity index (χ0n) is 11.6. The highest BCUT2D eigenvalue weighted by molar-refractivity contribution is 4.80. The molecule has 1 aliphatic heterocycles. The molecule has 0 aliphatic carbocycles. The molecule has 96 valence electrons. The van der Waals surface area contributed by atoms with Crippen molar-refractivity contribution < 1.29 is 0 Å². The van der Waals surface area contributed by atoms with Crippen molar-refractivity contribution in [3.63, 3.8) is 0 Å². The standard InChI is InChI=1S/C14H30N2/c1-5-14(6-2)15-11-13(4)16-10-8-7-9-12(16)3/h12-15H,5-11H2,1-4H3. The van der Waals surface area contributed by atoms with Crippen molar-refractivity contribution in [2.75, 3.05) is 13.1 Å². The fourth-order valence-electron chi connectivity index (χ4n) is 2.81. The van der Waals surface area contributed by atoms with Gasteiger partial charge in [0.1, 0.15) is 0 Å². The third-order valence-electron chi connectivity index (χ3n) is 4.11. The molecule has 2 unspecified atom stereocenters. The Kier molecular flexibility index (Phi) is 6.37. The van der Waals surface area contributed by atoms with E-state index >= 15 is 0 Å². The molecule has 2 heteroatoms. The van der Waals surface area contributed by atoms with E-state index in [2.05, 4.69) is 37.9 Å². The van der Waals surface area contributed by atoms with Crippen LogP contribution in [-0.4, -0.2) is 36.1 Å². The first-order valence-corrected chi connectivity index (χ1v) is 7.18. The highest BCUT2D eigenvalue weighted by atomic mass is 15.2. The van der Waals surface area contributed by atoms with Gasteiger partial charge in [0.2, 0.25) is 0 Å². The second-order valence-corrected chi connectivity index (χ2v) is 5.35. The van der Waals surface area contributed by atoms with Crippen LogP contribution in [0.4, 0.5) is 0 Å². The zero-order chi connectivity index (χ0) is 12.0. The lowest BCUT2D eigenvalue weighted by atomic mass is 10.0. The minimum Gasteiger partial charge on any atom is -0.312 e. The van der Waals surface area contributed by atoms with Crippen molar-refractivity contribution in [3.8, 4) is 0 Å². The van der Waals surface area contributed by atoms with Gasteiger partial charge in [-0.25, -0.2) is 0 Å². The van der Waals surface area contributed by atoms with Crippen LogP contribution in [0, 0.1) is 0 Å². The molecule has 0 aromatic rings. The third-order valence-corrected chi connectivity index (χ3v) is 4.11. The summed E-state index contributed by atoms with van der Waals surface area (Å²) in [6.45, 7) is 11.7. The van der Waals surface area contributed by atoms with Crippen LogP contribution < -0.4 is 5.32 Å². The molecule has 1 N–H and O–H groups in total. The molecule has 1 fully saturated rings. The maximum Gasteiger partial charge on any atom is 0.0195 e. The first-order chi connectivity index (χ1) is 7.69. The average molecular weight is 226 g/mol. The average Bonchev–Trinajstić information content (AvgIpc) is 2.30. The van der Waals surface area contributed by atoms with E-state index in [9.17, 15) is 0 Å². The van der Waals surface area contributed by atoms with Crippen LogP contribution in [0.25, 0.3) is 0 Å². The van der Waals surface area contributed by atoms with Gasteiger partial charge in [-0.2, -0.15) is 0 Å². The summed E-state index contributed by atoms with van der Waals surface area (Å²) in [4.78, 5) is 2.68. The quantitative estimate of drug-likeness (QED) is 0.749. The highest BCUT2D eigenvalue weighted by Crippen LogP contribution is 2.18. The minimum absolute atomic E-state index is 0.691. The lowest BCUT2D eigenvalue weighted by molar-refractivity contribution is 0.111. The van der Waals surface area contributed by atoms with E-state index in [1.807, 2.05) is 0 Å². The van der Waals surface area contributed by atoms with Crippen LogP contribution in [0.1, 0.15) is 59.8 Å². The molecule has 1 saturated heterocycles. The molecule has 0 saturated carbocycles. The first-order valence-electron chi connectivity index (χ1n) is 7.18. The molecule has 2 atom stereocenters. The summed E-state index contributed by atoms with van der Waals surface area (Å²) in [6, 6.07) is 2.19. The van der Waals surface area contributed by atoms with E-state index in [1.54, 1.807) is 0 Å². The molecule has 0 aromatic heterocycles. The summed E-state index contributed by atoms with van der Waals surface area (Å²) in [5, 5.41) is 3.70. The monoisotopic (exact) mass is 226 g/mol. The van der Waals surface area contributed by atoms with Gasteiger partial charge in [-0.05, 0) is 46.1 Å². The number of rotatable bonds is 6. The topological polar surface area (TPSA) is 15.3 Å². The van der Waals surface area contributed by atoms with Crippen LogP contribution >= 0.6 is 0 Å². The maximum absolute atomic E-state index is 3.70. The first kappa shape index (κ1) is 14.0. The second kappa shape index (κ2) is 7.29. The number of nitrogens with one attached hydrogen (secondary N) is 1. The summed E-state index contributed by atoms with van der Waals surface area (Å²) in [6.07, 6.45) is 6.69. The summed E-state index contributed by atoms with van der Waals surface area (Å²) < 4.78 is 0.